The third kappa shape index (κ3) is 3.08. The van der Waals surface area contributed by atoms with Gasteiger partial charge in [-0.15, -0.1) is 0 Å². The fraction of sp³-hybridized carbons (Fsp3) is 0.333. The van der Waals surface area contributed by atoms with Crippen molar-refractivity contribution < 1.29 is 9.50 Å². The van der Waals surface area contributed by atoms with Crippen LogP contribution in [0.25, 0.3) is 0 Å². The molecule has 2 aromatic carbocycles. The second-order valence-corrected chi connectivity index (χ2v) is 5.75. The Morgan fingerprint density at radius 1 is 1.24 bits per heavy atom. The molecule has 0 radical (unpaired) electrons. The fourth-order valence-corrected chi connectivity index (χ4v) is 3.14. The number of aromatic hydroxyl groups is 1. The lowest BCUT2D eigenvalue weighted by molar-refractivity contribution is 0.474. The van der Waals surface area contributed by atoms with Gasteiger partial charge in [0.1, 0.15) is 11.6 Å². The van der Waals surface area contributed by atoms with Crippen molar-refractivity contribution in [3.8, 4) is 5.75 Å². The smallest absolute Gasteiger partial charge is 0.123 e. The van der Waals surface area contributed by atoms with Crippen molar-refractivity contribution in [1.29, 1.82) is 0 Å². The summed E-state index contributed by atoms with van der Waals surface area (Å²) in [5.74, 6) is 0.171. The van der Waals surface area contributed by atoms with Crippen molar-refractivity contribution in [3.05, 3.63) is 64.5 Å². The van der Waals surface area contributed by atoms with Crippen LogP contribution in [0, 0.1) is 12.7 Å². The molecule has 2 N–H and O–H groups in total. The van der Waals surface area contributed by atoms with E-state index in [4.69, 9.17) is 0 Å². The highest BCUT2D eigenvalue weighted by Gasteiger charge is 2.21. The molecule has 0 bridgehead atoms. The molecule has 0 fully saturated rings. The van der Waals surface area contributed by atoms with Crippen molar-refractivity contribution in [1.82, 2.24) is 5.32 Å². The van der Waals surface area contributed by atoms with E-state index < -0.39 is 0 Å². The number of hydrogen-bond acceptors (Lipinski definition) is 2. The molecule has 1 atom stereocenters. The number of phenolic OH excluding ortho intramolecular Hbond substituents is 1. The highest BCUT2D eigenvalue weighted by molar-refractivity contribution is 5.40. The summed E-state index contributed by atoms with van der Waals surface area (Å²) in [4.78, 5) is 0. The molecule has 1 aliphatic rings. The Hall–Kier alpha value is -1.87. The summed E-state index contributed by atoms with van der Waals surface area (Å²) in [6, 6.07) is 11.0. The number of rotatable bonds is 4. The molecule has 3 heteroatoms. The van der Waals surface area contributed by atoms with Crippen LogP contribution in [0.4, 0.5) is 4.39 Å². The zero-order chi connectivity index (χ0) is 14.8. The van der Waals surface area contributed by atoms with E-state index in [1.54, 1.807) is 12.1 Å². The van der Waals surface area contributed by atoms with E-state index in [0.29, 0.717) is 11.8 Å². The third-order valence-corrected chi connectivity index (χ3v) is 4.29. The van der Waals surface area contributed by atoms with Crippen LogP contribution in [0.5, 0.6) is 5.75 Å². The second-order valence-electron chi connectivity index (χ2n) is 5.75. The number of halogens is 1. The summed E-state index contributed by atoms with van der Waals surface area (Å²) >= 11 is 0. The maximum Gasteiger partial charge on any atom is 0.123 e. The lowest BCUT2D eigenvalue weighted by Crippen LogP contribution is -2.22. The molecule has 110 valence electrons. The van der Waals surface area contributed by atoms with Gasteiger partial charge in [0.2, 0.25) is 0 Å². The van der Waals surface area contributed by atoms with Crippen molar-refractivity contribution >= 4 is 0 Å². The first-order valence-electron chi connectivity index (χ1n) is 7.43. The second kappa shape index (κ2) is 5.86. The Balaban J connectivity index is 1.60. The van der Waals surface area contributed by atoms with Gasteiger partial charge in [-0.2, -0.15) is 0 Å². The molecule has 0 aliphatic heterocycles. The number of fused-ring (bicyclic) bond motifs is 1. The molecule has 0 heterocycles. The predicted octanol–water partition coefficient (Wildman–Crippen LogP) is 3.66. The summed E-state index contributed by atoms with van der Waals surface area (Å²) in [6.45, 7) is 2.82. The van der Waals surface area contributed by atoms with E-state index >= 15 is 0 Å². The van der Waals surface area contributed by atoms with Crippen molar-refractivity contribution in [2.24, 2.45) is 0 Å². The summed E-state index contributed by atoms with van der Waals surface area (Å²) in [7, 11) is 0. The van der Waals surface area contributed by atoms with Gasteiger partial charge in [-0.3, -0.25) is 0 Å². The van der Waals surface area contributed by atoms with E-state index in [9.17, 15) is 9.50 Å². The van der Waals surface area contributed by atoms with E-state index in [1.165, 1.54) is 22.8 Å². The molecule has 1 aliphatic carbocycles. The van der Waals surface area contributed by atoms with Gasteiger partial charge in [-0.25, -0.2) is 4.39 Å². The lowest BCUT2D eigenvalue weighted by Gasteiger charge is -2.15. The molecule has 0 aromatic heterocycles. The first-order chi connectivity index (χ1) is 10.1. The summed E-state index contributed by atoms with van der Waals surface area (Å²) < 4.78 is 13.1. The van der Waals surface area contributed by atoms with Gasteiger partial charge in [-0.1, -0.05) is 12.1 Å². The number of nitrogens with one attached hydrogen (secondary N) is 1. The SMILES string of the molecule is Cc1cc(F)ccc1CCNC1CCc2cc(O)ccc21. The normalized spacial score (nSPS) is 17.0. The molecule has 2 nitrogen and oxygen atoms in total. The fourth-order valence-electron chi connectivity index (χ4n) is 3.14. The van der Waals surface area contributed by atoms with Crippen LogP contribution >= 0.6 is 0 Å². The monoisotopic (exact) mass is 285 g/mol. The quantitative estimate of drug-likeness (QED) is 0.898. The molecular formula is C18H20FNO. The molecular weight excluding hydrogens is 265 g/mol. The first kappa shape index (κ1) is 14.1. The molecule has 0 saturated carbocycles. The van der Waals surface area contributed by atoms with Gasteiger partial charge in [0.05, 0.1) is 0 Å². The summed E-state index contributed by atoms with van der Waals surface area (Å²) in [6.07, 6.45) is 2.98. The Morgan fingerprint density at radius 3 is 2.90 bits per heavy atom. The molecule has 21 heavy (non-hydrogen) atoms. The van der Waals surface area contributed by atoms with Crippen LogP contribution in [0.15, 0.2) is 36.4 Å². The van der Waals surface area contributed by atoms with Gasteiger partial charge in [0, 0.05) is 6.04 Å². The highest BCUT2D eigenvalue weighted by atomic mass is 19.1. The Bertz CT molecular complexity index is 654. The summed E-state index contributed by atoms with van der Waals surface area (Å²) in [5.41, 5.74) is 4.73. The van der Waals surface area contributed by atoms with Gasteiger partial charge in [0.15, 0.2) is 0 Å². The number of phenols is 1. The van der Waals surface area contributed by atoms with Crippen LogP contribution < -0.4 is 5.32 Å². The van der Waals surface area contributed by atoms with Crippen LogP contribution in [0.1, 0.15) is 34.7 Å². The number of benzene rings is 2. The topological polar surface area (TPSA) is 32.3 Å². The average Bonchev–Trinajstić information content (AvgIpc) is 2.83. The van der Waals surface area contributed by atoms with E-state index in [0.717, 1.165) is 31.4 Å². The predicted molar refractivity (Wildman–Crippen MR) is 82.0 cm³/mol. The molecule has 3 rings (SSSR count). The number of aryl methyl sites for hydroxylation is 2. The molecule has 1 unspecified atom stereocenters. The number of hydrogen-bond donors (Lipinski definition) is 2. The average molecular weight is 285 g/mol. The van der Waals surface area contributed by atoms with Crippen LogP contribution in [0.2, 0.25) is 0 Å². The van der Waals surface area contributed by atoms with Gasteiger partial charge >= 0.3 is 0 Å². The first-order valence-corrected chi connectivity index (χ1v) is 7.43. The van der Waals surface area contributed by atoms with Crippen LogP contribution in [0.3, 0.4) is 0 Å². The van der Waals surface area contributed by atoms with Crippen molar-refractivity contribution in [2.45, 2.75) is 32.2 Å². The van der Waals surface area contributed by atoms with E-state index in [-0.39, 0.29) is 5.82 Å². The molecule has 0 saturated heterocycles. The summed E-state index contributed by atoms with van der Waals surface area (Å²) in [5, 5.41) is 13.1. The van der Waals surface area contributed by atoms with E-state index in [1.807, 2.05) is 25.1 Å². The van der Waals surface area contributed by atoms with Gasteiger partial charge in [-0.05, 0) is 79.3 Å². The van der Waals surface area contributed by atoms with Gasteiger partial charge < -0.3 is 10.4 Å². The van der Waals surface area contributed by atoms with E-state index in [2.05, 4.69) is 5.32 Å². The Morgan fingerprint density at radius 2 is 2.10 bits per heavy atom. The highest BCUT2D eigenvalue weighted by Crippen LogP contribution is 2.33. The van der Waals surface area contributed by atoms with Crippen molar-refractivity contribution in [2.75, 3.05) is 6.54 Å². The molecule has 0 spiro atoms. The maximum atomic E-state index is 13.1. The minimum Gasteiger partial charge on any atom is -0.508 e. The Kier molecular flexibility index (Phi) is 3.93. The van der Waals surface area contributed by atoms with Gasteiger partial charge in [0.25, 0.3) is 0 Å². The van der Waals surface area contributed by atoms with Crippen LogP contribution in [-0.2, 0) is 12.8 Å². The maximum absolute atomic E-state index is 13.1. The minimum absolute atomic E-state index is 0.172. The Labute approximate surface area is 124 Å². The molecule has 2 aromatic rings. The lowest BCUT2D eigenvalue weighted by atomic mass is 10.0. The largest absolute Gasteiger partial charge is 0.508 e. The van der Waals surface area contributed by atoms with Crippen LogP contribution in [-0.4, -0.2) is 11.7 Å². The zero-order valence-electron chi connectivity index (χ0n) is 12.2. The molecule has 0 amide bonds. The third-order valence-electron chi connectivity index (χ3n) is 4.29. The minimum atomic E-state index is -0.172. The van der Waals surface area contributed by atoms with Crippen molar-refractivity contribution in [3.63, 3.8) is 0 Å². The zero-order valence-corrected chi connectivity index (χ0v) is 12.2. The standard InChI is InChI=1S/C18H20FNO/c1-12-10-15(19)4-2-13(12)8-9-20-18-7-3-14-11-16(21)5-6-17(14)18/h2,4-6,10-11,18,20-21H,3,7-9H2,1H3.